The first kappa shape index (κ1) is 12.4. The van der Waals surface area contributed by atoms with E-state index in [1.165, 1.54) is 25.0 Å². The fraction of sp³-hybridized carbons (Fsp3) is 0.286. The molecule has 0 bridgehead atoms. The third-order valence-corrected chi connectivity index (χ3v) is 3.28. The van der Waals surface area contributed by atoms with Crippen LogP contribution in [-0.4, -0.2) is 16.5 Å². The van der Waals surface area contributed by atoms with E-state index in [2.05, 4.69) is 15.3 Å². The molecule has 0 saturated heterocycles. The molecule has 1 heterocycles. The summed E-state index contributed by atoms with van der Waals surface area (Å²) in [5.41, 5.74) is 1.51. The van der Waals surface area contributed by atoms with Crippen LogP contribution in [0, 0.1) is 11.7 Å². The summed E-state index contributed by atoms with van der Waals surface area (Å²) >= 11 is 5.93. The molecule has 1 aliphatic rings. The SMILES string of the molecule is Fc1ccc(-c2cc(NCC3CC3)nc(Cl)n2)cc1. The highest BCUT2D eigenvalue weighted by molar-refractivity contribution is 6.28. The largest absolute Gasteiger partial charge is 0.370 e. The van der Waals surface area contributed by atoms with E-state index in [9.17, 15) is 4.39 Å². The van der Waals surface area contributed by atoms with Crippen molar-refractivity contribution in [3.8, 4) is 11.3 Å². The minimum Gasteiger partial charge on any atom is -0.370 e. The molecule has 1 aliphatic carbocycles. The molecular weight excluding hydrogens is 265 g/mol. The number of hydrogen-bond acceptors (Lipinski definition) is 3. The van der Waals surface area contributed by atoms with Crippen molar-refractivity contribution in [1.82, 2.24) is 9.97 Å². The summed E-state index contributed by atoms with van der Waals surface area (Å²) in [4.78, 5) is 8.31. The summed E-state index contributed by atoms with van der Waals surface area (Å²) in [5, 5.41) is 3.45. The zero-order valence-electron chi connectivity index (χ0n) is 10.2. The second-order valence-electron chi connectivity index (χ2n) is 4.74. The Morgan fingerprint density at radius 3 is 2.63 bits per heavy atom. The molecule has 3 nitrogen and oxygen atoms in total. The number of benzene rings is 1. The van der Waals surface area contributed by atoms with Crippen LogP contribution < -0.4 is 5.32 Å². The average Bonchev–Trinajstić information content (AvgIpc) is 3.20. The van der Waals surface area contributed by atoms with Gasteiger partial charge in [-0.25, -0.2) is 14.4 Å². The number of aromatic nitrogens is 2. The lowest BCUT2D eigenvalue weighted by Gasteiger charge is -2.07. The van der Waals surface area contributed by atoms with Crippen molar-refractivity contribution in [2.24, 2.45) is 5.92 Å². The van der Waals surface area contributed by atoms with Gasteiger partial charge in [0, 0.05) is 18.2 Å². The Hall–Kier alpha value is -1.68. The summed E-state index contributed by atoms with van der Waals surface area (Å²) in [6.45, 7) is 0.913. The molecule has 1 aromatic heterocycles. The Kier molecular flexibility index (Phi) is 3.34. The van der Waals surface area contributed by atoms with Gasteiger partial charge in [0.25, 0.3) is 0 Å². The molecule has 2 aromatic rings. The van der Waals surface area contributed by atoms with Crippen LogP contribution in [0.25, 0.3) is 11.3 Å². The van der Waals surface area contributed by atoms with Crippen molar-refractivity contribution in [3.63, 3.8) is 0 Å². The lowest BCUT2D eigenvalue weighted by Crippen LogP contribution is -2.05. The van der Waals surface area contributed by atoms with Crippen molar-refractivity contribution < 1.29 is 4.39 Å². The van der Waals surface area contributed by atoms with E-state index in [1.807, 2.05) is 6.07 Å². The van der Waals surface area contributed by atoms with Crippen LogP contribution in [0.5, 0.6) is 0 Å². The van der Waals surface area contributed by atoms with Crippen molar-refractivity contribution in [2.75, 3.05) is 11.9 Å². The molecular formula is C14H13ClFN3. The van der Waals surface area contributed by atoms with Gasteiger partial charge in [-0.1, -0.05) is 0 Å². The van der Waals surface area contributed by atoms with Gasteiger partial charge in [-0.3, -0.25) is 0 Å². The van der Waals surface area contributed by atoms with E-state index in [4.69, 9.17) is 11.6 Å². The molecule has 0 aliphatic heterocycles. The molecule has 0 spiro atoms. The molecule has 1 aromatic carbocycles. The molecule has 0 radical (unpaired) electrons. The minimum atomic E-state index is -0.268. The van der Waals surface area contributed by atoms with E-state index in [0.717, 1.165) is 18.0 Å². The van der Waals surface area contributed by atoms with Crippen molar-refractivity contribution >= 4 is 17.4 Å². The van der Waals surface area contributed by atoms with Gasteiger partial charge in [-0.15, -0.1) is 0 Å². The predicted molar refractivity (Wildman–Crippen MR) is 73.6 cm³/mol. The third-order valence-electron chi connectivity index (χ3n) is 3.11. The summed E-state index contributed by atoms with van der Waals surface area (Å²) in [7, 11) is 0. The van der Waals surface area contributed by atoms with Crippen LogP contribution in [0.1, 0.15) is 12.8 Å². The topological polar surface area (TPSA) is 37.8 Å². The Balaban J connectivity index is 1.85. The highest BCUT2D eigenvalue weighted by atomic mass is 35.5. The van der Waals surface area contributed by atoms with Crippen molar-refractivity contribution in [3.05, 3.63) is 41.4 Å². The first-order valence-corrected chi connectivity index (χ1v) is 6.63. The number of nitrogens with one attached hydrogen (secondary N) is 1. The first-order valence-electron chi connectivity index (χ1n) is 6.25. The second kappa shape index (κ2) is 5.13. The number of halogens is 2. The molecule has 98 valence electrons. The molecule has 1 fully saturated rings. The molecule has 1 saturated carbocycles. The molecule has 1 N–H and O–H groups in total. The smallest absolute Gasteiger partial charge is 0.224 e. The normalized spacial score (nSPS) is 14.4. The highest BCUT2D eigenvalue weighted by Crippen LogP contribution is 2.29. The molecule has 0 unspecified atom stereocenters. The summed E-state index contributed by atoms with van der Waals surface area (Å²) in [6.07, 6.45) is 2.55. The number of hydrogen-bond donors (Lipinski definition) is 1. The summed E-state index contributed by atoms with van der Waals surface area (Å²) < 4.78 is 12.9. The van der Waals surface area contributed by atoms with E-state index in [0.29, 0.717) is 11.5 Å². The second-order valence-corrected chi connectivity index (χ2v) is 5.08. The van der Waals surface area contributed by atoms with Crippen LogP contribution >= 0.6 is 11.6 Å². The van der Waals surface area contributed by atoms with E-state index in [1.54, 1.807) is 12.1 Å². The average molecular weight is 278 g/mol. The van der Waals surface area contributed by atoms with Crippen molar-refractivity contribution in [1.29, 1.82) is 0 Å². The minimum absolute atomic E-state index is 0.195. The van der Waals surface area contributed by atoms with Gasteiger partial charge in [0.05, 0.1) is 5.69 Å². The molecule has 0 atom stereocenters. The lowest BCUT2D eigenvalue weighted by atomic mass is 10.1. The predicted octanol–water partition coefficient (Wildman–Crippen LogP) is 3.76. The number of nitrogens with zero attached hydrogens (tertiary/aromatic N) is 2. The lowest BCUT2D eigenvalue weighted by molar-refractivity contribution is 0.628. The van der Waals surface area contributed by atoms with E-state index in [-0.39, 0.29) is 11.1 Å². The maximum Gasteiger partial charge on any atom is 0.224 e. The monoisotopic (exact) mass is 277 g/mol. The van der Waals surface area contributed by atoms with Gasteiger partial charge >= 0.3 is 0 Å². The van der Waals surface area contributed by atoms with Gasteiger partial charge in [0.2, 0.25) is 5.28 Å². The summed E-state index contributed by atoms with van der Waals surface area (Å²) in [6, 6.07) is 8.00. The zero-order chi connectivity index (χ0) is 13.2. The van der Waals surface area contributed by atoms with E-state index >= 15 is 0 Å². The van der Waals surface area contributed by atoms with Crippen molar-refractivity contribution in [2.45, 2.75) is 12.8 Å². The molecule has 0 amide bonds. The summed E-state index contributed by atoms with van der Waals surface area (Å²) in [5.74, 6) is 1.20. The maximum absolute atomic E-state index is 12.9. The Morgan fingerprint density at radius 2 is 1.95 bits per heavy atom. The number of anilines is 1. The third kappa shape index (κ3) is 3.20. The van der Waals surface area contributed by atoms with Gasteiger partial charge in [-0.05, 0) is 54.6 Å². The maximum atomic E-state index is 12.9. The molecule has 19 heavy (non-hydrogen) atoms. The van der Waals surface area contributed by atoms with Gasteiger partial charge in [0.1, 0.15) is 11.6 Å². The van der Waals surface area contributed by atoms with Crippen LogP contribution in [-0.2, 0) is 0 Å². The van der Waals surface area contributed by atoms with Gasteiger partial charge in [0.15, 0.2) is 0 Å². The quantitative estimate of drug-likeness (QED) is 0.865. The van der Waals surface area contributed by atoms with Crippen LogP contribution in [0.3, 0.4) is 0 Å². The Labute approximate surface area is 115 Å². The zero-order valence-corrected chi connectivity index (χ0v) is 11.0. The highest BCUT2D eigenvalue weighted by Gasteiger charge is 2.20. The van der Waals surface area contributed by atoms with Crippen LogP contribution in [0.4, 0.5) is 10.2 Å². The van der Waals surface area contributed by atoms with Crippen LogP contribution in [0.15, 0.2) is 30.3 Å². The van der Waals surface area contributed by atoms with Gasteiger partial charge in [-0.2, -0.15) is 0 Å². The fourth-order valence-corrected chi connectivity index (χ4v) is 2.03. The Morgan fingerprint density at radius 1 is 1.21 bits per heavy atom. The standard InChI is InChI=1S/C14H13ClFN3/c15-14-18-12(10-3-5-11(16)6-4-10)7-13(19-14)17-8-9-1-2-9/h3-7,9H,1-2,8H2,(H,17,18,19). The van der Waals surface area contributed by atoms with Gasteiger partial charge < -0.3 is 5.32 Å². The number of rotatable bonds is 4. The first-order chi connectivity index (χ1) is 9.20. The van der Waals surface area contributed by atoms with E-state index < -0.39 is 0 Å². The molecule has 5 heteroatoms. The fourth-order valence-electron chi connectivity index (χ4n) is 1.85. The Bertz CT molecular complexity index is 582. The molecule has 3 rings (SSSR count). The van der Waals surface area contributed by atoms with Crippen LogP contribution in [0.2, 0.25) is 5.28 Å².